The summed E-state index contributed by atoms with van der Waals surface area (Å²) in [6, 6.07) is 9.31. The van der Waals surface area contributed by atoms with Gasteiger partial charge in [0.05, 0.1) is 5.57 Å². The van der Waals surface area contributed by atoms with Crippen molar-refractivity contribution >= 4 is 11.5 Å². The molecule has 0 unspecified atom stereocenters. The number of benzene rings is 1. The third-order valence-corrected chi connectivity index (χ3v) is 2.29. The van der Waals surface area contributed by atoms with E-state index in [0.717, 1.165) is 11.1 Å². The molecule has 0 aliphatic carbocycles. The normalized spacial score (nSPS) is 11.0. The Balaban J connectivity index is 2.59. The third-order valence-electron chi connectivity index (χ3n) is 2.29. The lowest BCUT2D eigenvalue weighted by Crippen LogP contribution is -2.08. The monoisotopic (exact) mass is 216 g/mol. The van der Waals surface area contributed by atoms with Crippen LogP contribution in [0.4, 0.5) is 0 Å². The number of carbonyl (C=O) groups excluding carboxylic acids is 1. The molecule has 84 valence electrons. The zero-order chi connectivity index (χ0) is 12.0. The number of carbonyl (C=O) groups is 1. The summed E-state index contributed by atoms with van der Waals surface area (Å²) >= 11 is 0. The van der Waals surface area contributed by atoms with Crippen molar-refractivity contribution in [1.82, 2.24) is 0 Å². The smallest absolute Gasteiger partial charge is 0.338 e. The zero-order valence-electron chi connectivity index (χ0n) is 9.69. The minimum atomic E-state index is -0.368. The van der Waals surface area contributed by atoms with Crippen LogP contribution in [-0.2, 0) is 9.53 Å². The minimum Gasteiger partial charge on any atom is -0.458 e. The maximum absolute atomic E-state index is 11.6. The molecule has 16 heavy (non-hydrogen) atoms. The molecule has 1 rings (SSSR count). The summed E-state index contributed by atoms with van der Waals surface area (Å²) in [5, 5.41) is 0. The average Bonchev–Trinajstić information content (AvgIpc) is 2.35. The van der Waals surface area contributed by atoms with E-state index < -0.39 is 0 Å². The molecule has 0 atom stereocenters. The molecule has 2 nitrogen and oxygen atoms in total. The molecule has 0 spiro atoms. The quantitative estimate of drug-likeness (QED) is 0.439. The number of rotatable bonds is 4. The first-order valence-electron chi connectivity index (χ1n) is 5.18. The largest absolute Gasteiger partial charge is 0.458 e. The fourth-order valence-corrected chi connectivity index (χ4v) is 1.11. The second-order valence-corrected chi connectivity index (χ2v) is 3.56. The highest BCUT2D eigenvalue weighted by molar-refractivity contribution is 6.15. The lowest BCUT2D eigenvalue weighted by atomic mass is 10.1. The second-order valence-electron chi connectivity index (χ2n) is 3.56. The SMILES string of the molecule is C=C(C(=O)OCC(C)=CC)c1ccccc1. The van der Waals surface area contributed by atoms with E-state index in [0.29, 0.717) is 12.2 Å². The lowest BCUT2D eigenvalue weighted by Gasteiger charge is -2.07. The first-order chi connectivity index (χ1) is 7.65. The maximum Gasteiger partial charge on any atom is 0.338 e. The topological polar surface area (TPSA) is 26.3 Å². The molecule has 0 radical (unpaired) electrons. The number of hydrogen-bond donors (Lipinski definition) is 0. The van der Waals surface area contributed by atoms with Crippen molar-refractivity contribution in [2.45, 2.75) is 13.8 Å². The van der Waals surface area contributed by atoms with Gasteiger partial charge >= 0.3 is 5.97 Å². The summed E-state index contributed by atoms with van der Waals surface area (Å²) < 4.78 is 5.10. The van der Waals surface area contributed by atoms with E-state index in [1.807, 2.05) is 50.3 Å². The summed E-state index contributed by atoms with van der Waals surface area (Å²) in [4.78, 5) is 11.6. The van der Waals surface area contributed by atoms with E-state index in [-0.39, 0.29) is 5.97 Å². The van der Waals surface area contributed by atoms with E-state index >= 15 is 0 Å². The van der Waals surface area contributed by atoms with Crippen molar-refractivity contribution in [2.75, 3.05) is 6.61 Å². The molecular weight excluding hydrogens is 200 g/mol. The van der Waals surface area contributed by atoms with Gasteiger partial charge < -0.3 is 4.74 Å². The molecular formula is C14H16O2. The Morgan fingerprint density at radius 2 is 2.00 bits per heavy atom. The fraction of sp³-hybridized carbons (Fsp3) is 0.214. The van der Waals surface area contributed by atoms with Gasteiger partial charge in [-0.15, -0.1) is 0 Å². The Hall–Kier alpha value is -1.83. The number of ether oxygens (including phenoxy) is 1. The third kappa shape index (κ3) is 3.39. The maximum atomic E-state index is 11.6. The lowest BCUT2D eigenvalue weighted by molar-refractivity contribution is -0.135. The van der Waals surface area contributed by atoms with Gasteiger partial charge in [0, 0.05) is 0 Å². The van der Waals surface area contributed by atoms with Gasteiger partial charge in [-0.1, -0.05) is 43.0 Å². The number of allylic oxidation sites excluding steroid dienone is 1. The van der Waals surface area contributed by atoms with Gasteiger partial charge in [0.25, 0.3) is 0 Å². The molecule has 2 heteroatoms. The molecule has 0 aliphatic rings. The molecule has 0 aliphatic heterocycles. The summed E-state index contributed by atoms with van der Waals surface area (Å²) in [7, 11) is 0. The molecule has 0 amide bonds. The minimum absolute atomic E-state index is 0.321. The summed E-state index contributed by atoms with van der Waals surface area (Å²) in [5.41, 5.74) is 2.21. The summed E-state index contributed by atoms with van der Waals surface area (Å²) in [6.45, 7) is 7.88. The van der Waals surface area contributed by atoms with Crippen LogP contribution in [0.3, 0.4) is 0 Å². The van der Waals surface area contributed by atoms with Crippen molar-refractivity contribution in [3.63, 3.8) is 0 Å². The van der Waals surface area contributed by atoms with E-state index in [4.69, 9.17) is 4.74 Å². The van der Waals surface area contributed by atoms with Gasteiger partial charge in [-0.3, -0.25) is 0 Å². The van der Waals surface area contributed by atoms with Crippen LogP contribution in [0.25, 0.3) is 5.57 Å². The summed E-state index contributed by atoms with van der Waals surface area (Å²) in [6.07, 6.45) is 1.92. The van der Waals surface area contributed by atoms with Crippen LogP contribution in [0, 0.1) is 0 Å². The Bertz CT molecular complexity index is 402. The van der Waals surface area contributed by atoms with E-state index in [9.17, 15) is 4.79 Å². The predicted molar refractivity (Wildman–Crippen MR) is 65.9 cm³/mol. The van der Waals surface area contributed by atoms with E-state index in [1.165, 1.54) is 0 Å². The van der Waals surface area contributed by atoms with Gasteiger partial charge in [0.2, 0.25) is 0 Å². The van der Waals surface area contributed by atoms with E-state index in [1.54, 1.807) is 0 Å². The van der Waals surface area contributed by atoms with Gasteiger partial charge in [0.15, 0.2) is 0 Å². The van der Waals surface area contributed by atoms with Crippen molar-refractivity contribution < 1.29 is 9.53 Å². The van der Waals surface area contributed by atoms with Crippen LogP contribution >= 0.6 is 0 Å². The van der Waals surface area contributed by atoms with Crippen LogP contribution in [-0.4, -0.2) is 12.6 Å². The van der Waals surface area contributed by atoms with Crippen molar-refractivity contribution in [3.8, 4) is 0 Å². The Kier molecular flexibility index (Phi) is 4.52. The molecule has 0 bridgehead atoms. The van der Waals surface area contributed by atoms with Gasteiger partial charge in [-0.25, -0.2) is 4.79 Å². The van der Waals surface area contributed by atoms with Crippen LogP contribution in [0.15, 0.2) is 48.6 Å². The van der Waals surface area contributed by atoms with Crippen LogP contribution in [0.2, 0.25) is 0 Å². The molecule has 0 saturated heterocycles. The number of hydrogen-bond acceptors (Lipinski definition) is 2. The van der Waals surface area contributed by atoms with Crippen molar-refractivity contribution in [1.29, 1.82) is 0 Å². The van der Waals surface area contributed by atoms with Gasteiger partial charge in [-0.2, -0.15) is 0 Å². The Labute approximate surface area is 96.2 Å². The van der Waals surface area contributed by atoms with Crippen molar-refractivity contribution in [2.24, 2.45) is 0 Å². The molecule has 0 N–H and O–H groups in total. The van der Waals surface area contributed by atoms with Crippen LogP contribution < -0.4 is 0 Å². The predicted octanol–water partition coefficient (Wildman–Crippen LogP) is 3.21. The first kappa shape index (κ1) is 12.2. The van der Waals surface area contributed by atoms with E-state index in [2.05, 4.69) is 6.58 Å². The number of esters is 1. The van der Waals surface area contributed by atoms with Crippen LogP contribution in [0.1, 0.15) is 19.4 Å². The first-order valence-corrected chi connectivity index (χ1v) is 5.18. The van der Waals surface area contributed by atoms with Crippen molar-refractivity contribution in [3.05, 3.63) is 54.1 Å². The molecule has 1 aromatic carbocycles. The molecule has 0 saturated carbocycles. The average molecular weight is 216 g/mol. The summed E-state index contributed by atoms with van der Waals surface area (Å²) in [5.74, 6) is -0.368. The van der Waals surface area contributed by atoms with Crippen LogP contribution in [0.5, 0.6) is 0 Å². The Morgan fingerprint density at radius 1 is 1.38 bits per heavy atom. The molecule has 1 aromatic rings. The second kappa shape index (κ2) is 5.91. The molecule has 0 aromatic heterocycles. The molecule has 0 heterocycles. The highest BCUT2D eigenvalue weighted by atomic mass is 16.5. The zero-order valence-corrected chi connectivity index (χ0v) is 9.69. The Morgan fingerprint density at radius 3 is 2.56 bits per heavy atom. The van der Waals surface area contributed by atoms with Gasteiger partial charge in [-0.05, 0) is 25.0 Å². The fourth-order valence-electron chi connectivity index (χ4n) is 1.11. The highest BCUT2D eigenvalue weighted by Crippen LogP contribution is 2.13. The standard InChI is InChI=1S/C14H16O2/c1-4-11(2)10-16-14(15)12(3)13-8-6-5-7-9-13/h4-9H,3,10H2,1-2H3. The highest BCUT2D eigenvalue weighted by Gasteiger charge is 2.10. The molecule has 0 fully saturated rings. The van der Waals surface area contributed by atoms with Gasteiger partial charge in [0.1, 0.15) is 6.61 Å².